The standard InChI is InChI=1S/C26H23ClN4O3S/c1-3-32-21-14-17(13-19(27)23(21)33-15-16-9-5-4-6-10-16)24-28-20-12-8-7-11-18(20)22-25(34-24)29-26(35-2)31-30-22/h4-14,24,28H,3,15H2,1-2H3/t24-/m1/s1. The molecular formula is C26H23ClN4O3S. The van der Waals surface area contributed by atoms with E-state index in [1.807, 2.05) is 79.9 Å². The van der Waals surface area contributed by atoms with Crippen molar-refractivity contribution in [2.24, 2.45) is 0 Å². The van der Waals surface area contributed by atoms with Crippen molar-refractivity contribution < 1.29 is 14.2 Å². The number of hydrogen-bond donors (Lipinski definition) is 1. The summed E-state index contributed by atoms with van der Waals surface area (Å²) in [5.41, 5.74) is 4.08. The van der Waals surface area contributed by atoms with Crippen molar-refractivity contribution in [1.82, 2.24) is 15.2 Å². The number of rotatable bonds is 7. The Kier molecular flexibility index (Phi) is 6.92. The number of para-hydroxylation sites is 1. The highest BCUT2D eigenvalue weighted by Gasteiger charge is 2.27. The number of fused-ring (bicyclic) bond motifs is 3. The molecule has 0 spiro atoms. The van der Waals surface area contributed by atoms with E-state index < -0.39 is 6.23 Å². The van der Waals surface area contributed by atoms with E-state index in [0.717, 1.165) is 22.4 Å². The summed E-state index contributed by atoms with van der Waals surface area (Å²) in [6.07, 6.45) is 1.30. The molecule has 35 heavy (non-hydrogen) atoms. The predicted molar refractivity (Wildman–Crippen MR) is 137 cm³/mol. The van der Waals surface area contributed by atoms with Gasteiger partial charge >= 0.3 is 0 Å². The van der Waals surface area contributed by atoms with Gasteiger partial charge in [0.05, 0.1) is 11.6 Å². The van der Waals surface area contributed by atoms with Gasteiger partial charge in [-0.1, -0.05) is 71.9 Å². The number of ether oxygens (including phenoxy) is 3. The van der Waals surface area contributed by atoms with Crippen LogP contribution in [0.5, 0.6) is 17.4 Å². The van der Waals surface area contributed by atoms with E-state index in [9.17, 15) is 0 Å². The van der Waals surface area contributed by atoms with Gasteiger partial charge in [0.15, 0.2) is 23.4 Å². The first-order chi connectivity index (χ1) is 17.2. The number of nitrogens with one attached hydrogen (secondary N) is 1. The molecular weight excluding hydrogens is 484 g/mol. The molecule has 178 valence electrons. The normalized spacial score (nSPS) is 14.1. The highest BCUT2D eigenvalue weighted by atomic mass is 35.5. The molecule has 0 bridgehead atoms. The lowest BCUT2D eigenvalue weighted by molar-refractivity contribution is 0.223. The van der Waals surface area contributed by atoms with E-state index in [1.165, 1.54) is 11.8 Å². The van der Waals surface area contributed by atoms with Gasteiger partial charge in [0, 0.05) is 16.8 Å². The average molecular weight is 507 g/mol. The van der Waals surface area contributed by atoms with E-state index in [-0.39, 0.29) is 0 Å². The molecule has 0 fully saturated rings. The molecule has 9 heteroatoms. The minimum absolute atomic E-state index is 0.374. The van der Waals surface area contributed by atoms with Crippen LogP contribution in [0, 0.1) is 0 Å². The Bertz CT molecular complexity index is 1340. The third-order valence-electron chi connectivity index (χ3n) is 5.38. The van der Waals surface area contributed by atoms with Crippen LogP contribution < -0.4 is 19.5 Å². The third-order valence-corrected chi connectivity index (χ3v) is 6.20. The van der Waals surface area contributed by atoms with Crippen molar-refractivity contribution in [3.8, 4) is 28.6 Å². The maximum atomic E-state index is 6.72. The lowest BCUT2D eigenvalue weighted by atomic mass is 10.1. The van der Waals surface area contributed by atoms with Crippen LogP contribution in [0.25, 0.3) is 11.3 Å². The molecule has 1 aliphatic heterocycles. The molecule has 0 saturated carbocycles. The maximum Gasteiger partial charge on any atom is 0.247 e. The van der Waals surface area contributed by atoms with Crippen molar-refractivity contribution in [2.45, 2.75) is 24.9 Å². The first-order valence-electron chi connectivity index (χ1n) is 11.1. The number of nitrogens with zero attached hydrogens (tertiary/aromatic N) is 3. The van der Waals surface area contributed by atoms with Gasteiger partial charge in [-0.25, -0.2) is 0 Å². The third kappa shape index (κ3) is 4.99. The van der Waals surface area contributed by atoms with E-state index >= 15 is 0 Å². The molecule has 1 aromatic heterocycles. The summed E-state index contributed by atoms with van der Waals surface area (Å²) < 4.78 is 18.3. The van der Waals surface area contributed by atoms with Crippen LogP contribution in [-0.4, -0.2) is 28.0 Å². The molecule has 2 heterocycles. The highest BCUT2D eigenvalue weighted by molar-refractivity contribution is 7.98. The largest absolute Gasteiger partial charge is 0.490 e. The van der Waals surface area contributed by atoms with Crippen molar-refractivity contribution >= 4 is 29.1 Å². The first kappa shape index (κ1) is 23.3. The summed E-state index contributed by atoms with van der Waals surface area (Å²) in [5.74, 6) is 1.43. The lowest BCUT2D eigenvalue weighted by Gasteiger charge is -2.22. The Hall–Kier alpha value is -3.49. The second-order valence-corrected chi connectivity index (χ2v) is 8.86. The highest BCUT2D eigenvalue weighted by Crippen LogP contribution is 2.43. The van der Waals surface area contributed by atoms with Gasteiger partial charge in [0.2, 0.25) is 11.0 Å². The smallest absolute Gasteiger partial charge is 0.247 e. The number of thioether (sulfide) groups is 1. The van der Waals surface area contributed by atoms with Gasteiger partial charge in [0.25, 0.3) is 0 Å². The molecule has 1 aliphatic rings. The number of halogens is 1. The summed E-state index contributed by atoms with van der Waals surface area (Å²) >= 11 is 8.12. The van der Waals surface area contributed by atoms with Crippen LogP contribution in [0.2, 0.25) is 5.02 Å². The van der Waals surface area contributed by atoms with Crippen LogP contribution in [0.3, 0.4) is 0 Å². The van der Waals surface area contributed by atoms with Gasteiger partial charge in [-0.3, -0.25) is 0 Å². The molecule has 0 amide bonds. The van der Waals surface area contributed by atoms with Crippen molar-refractivity contribution in [3.05, 3.63) is 82.9 Å². The molecule has 0 saturated heterocycles. The van der Waals surface area contributed by atoms with Crippen LogP contribution in [-0.2, 0) is 6.61 Å². The Balaban J connectivity index is 1.52. The Labute approximate surface area is 212 Å². The summed E-state index contributed by atoms with van der Waals surface area (Å²) in [4.78, 5) is 4.57. The number of anilines is 1. The maximum absolute atomic E-state index is 6.72. The zero-order valence-electron chi connectivity index (χ0n) is 19.2. The zero-order valence-corrected chi connectivity index (χ0v) is 20.8. The van der Waals surface area contributed by atoms with Crippen LogP contribution in [0.4, 0.5) is 5.69 Å². The lowest BCUT2D eigenvalue weighted by Crippen LogP contribution is -2.17. The van der Waals surface area contributed by atoms with Crippen LogP contribution in [0.1, 0.15) is 24.3 Å². The molecule has 3 aromatic carbocycles. The van der Waals surface area contributed by atoms with Gasteiger partial charge in [-0.2, -0.15) is 4.98 Å². The van der Waals surface area contributed by atoms with E-state index in [2.05, 4.69) is 20.5 Å². The Morgan fingerprint density at radius 1 is 1.03 bits per heavy atom. The molecule has 0 aliphatic carbocycles. The van der Waals surface area contributed by atoms with Crippen molar-refractivity contribution in [2.75, 3.05) is 18.2 Å². The van der Waals surface area contributed by atoms with Gasteiger partial charge in [-0.15, -0.1) is 10.2 Å². The number of aromatic nitrogens is 3. The fourth-order valence-electron chi connectivity index (χ4n) is 3.76. The quantitative estimate of drug-likeness (QED) is 0.289. The predicted octanol–water partition coefficient (Wildman–Crippen LogP) is 6.39. The van der Waals surface area contributed by atoms with Gasteiger partial charge < -0.3 is 19.5 Å². The Morgan fingerprint density at radius 2 is 1.83 bits per heavy atom. The van der Waals surface area contributed by atoms with Gasteiger partial charge in [0.1, 0.15) is 6.61 Å². The molecule has 4 aromatic rings. The van der Waals surface area contributed by atoms with E-state index in [1.54, 1.807) is 0 Å². The number of hydrogen-bond acceptors (Lipinski definition) is 8. The summed E-state index contributed by atoms with van der Waals surface area (Å²) in [6, 6.07) is 21.4. The van der Waals surface area contributed by atoms with Crippen LogP contribution >= 0.6 is 23.4 Å². The summed E-state index contributed by atoms with van der Waals surface area (Å²) in [6.45, 7) is 2.75. The van der Waals surface area contributed by atoms with Gasteiger partial charge in [-0.05, 0) is 36.9 Å². The molecule has 5 rings (SSSR count). The second kappa shape index (κ2) is 10.4. The summed E-state index contributed by atoms with van der Waals surface area (Å²) in [5, 5.41) is 13.0. The summed E-state index contributed by atoms with van der Waals surface area (Å²) in [7, 11) is 0. The molecule has 7 nitrogen and oxygen atoms in total. The zero-order chi connectivity index (χ0) is 24.2. The average Bonchev–Trinajstić information content (AvgIpc) is 3.05. The van der Waals surface area contributed by atoms with Crippen molar-refractivity contribution in [1.29, 1.82) is 0 Å². The molecule has 0 unspecified atom stereocenters. The number of benzene rings is 3. The van der Waals surface area contributed by atoms with Crippen LogP contribution in [0.15, 0.2) is 71.9 Å². The van der Waals surface area contributed by atoms with Crippen molar-refractivity contribution in [3.63, 3.8) is 0 Å². The van der Waals surface area contributed by atoms with E-state index in [0.29, 0.717) is 46.5 Å². The Morgan fingerprint density at radius 3 is 2.63 bits per heavy atom. The molecule has 1 atom stereocenters. The SMILES string of the molecule is CCOc1cc([C@@H]2Nc3ccccc3-c3nnc(SC)nc3O2)cc(Cl)c1OCc1ccccc1. The monoisotopic (exact) mass is 506 g/mol. The fourth-order valence-corrected chi connectivity index (χ4v) is 4.33. The molecule has 1 N–H and O–H groups in total. The second-order valence-electron chi connectivity index (χ2n) is 7.68. The topological polar surface area (TPSA) is 78.4 Å². The minimum atomic E-state index is -0.594. The fraction of sp³-hybridized carbons (Fsp3) is 0.192. The van der Waals surface area contributed by atoms with E-state index in [4.69, 9.17) is 25.8 Å². The minimum Gasteiger partial charge on any atom is -0.490 e. The molecule has 0 radical (unpaired) electrons. The first-order valence-corrected chi connectivity index (χ1v) is 12.7.